The minimum absolute atomic E-state index is 0. The summed E-state index contributed by atoms with van der Waals surface area (Å²) >= 11 is 1.04. The molecule has 0 saturated carbocycles. The fourth-order valence-corrected chi connectivity index (χ4v) is 1.08. The first-order valence-corrected chi connectivity index (χ1v) is 4.47. The van der Waals surface area contributed by atoms with E-state index in [2.05, 4.69) is 3.97 Å². The molecule has 9 heavy (non-hydrogen) atoms. The third-order valence-electron chi connectivity index (χ3n) is 0.418. The van der Waals surface area contributed by atoms with Crippen LogP contribution in [-0.4, -0.2) is 40.2 Å². The maximum absolute atomic E-state index is 9.82. The molecule has 0 amide bonds. The van der Waals surface area contributed by atoms with Gasteiger partial charge in [0.05, 0.1) is 0 Å². The predicted molar refractivity (Wildman–Crippen MR) is 42.2 cm³/mol. The van der Waals surface area contributed by atoms with Crippen LogP contribution < -0.4 is 0 Å². The van der Waals surface area contributed by atoms with Gasteiger partial charge in [-0.05, 0) is 6.42 Å². The fraction of sp³-hybridized carbons (Fsp3) is 1.00. The van der Waals surface area contributed by atoms with E-state index >= 15 is 0 Å². The van der Waals surface area contributed by atoms with E-state index in [1.807, 2.05) is 6.92 Å². The summed E-state index contributed by atoms with van der Waals surface area (Å²) in [6, 6.07) is 0. The molecule has 0 fully saturated rings. The molecule has 0 aliphatic carbocycles. The van der Waals surface area contributed by atoms with E-state index in [0.29, 0.717) is 0 Å². The Hall–Kier alpha value is 1.50. The molecule has 0 spiro atoms. The van der Waals surface area contributed by atoms with Crippen LogP contribution in [0.4, 0.5) is 0 Å². The molecule has 1 N–H and O–H groups in total. The van der Waals surface area contributed by atoms with Crippen molar-refractivity contribution in [3.63, 3.8) is 0 Å². The van der Waals surface area contributed by atoms with Crippen LogP contribution in [0.1, 0.15) is 13.3 Å². The van der Waals surface area contributed by atoms with E-state index in [-0.39, 0.29) is 29.6 Å². The second-order valence-electron chi connectivity index (χ2n) is 1.17. The Morgan fingerprint density at radius 1 is 1.78 bits per heavy atom. The summed E-state index contributed by atoms with van der Waals surface area (Å²) in [6.07, 6.45) is 0.958. The molecular formula is C3H10NaO3PS. The van der Waals surface area contributed by atoms with Crippen molar-refractivity contribution in [3.05, 3.63) is 0 Å². The molecule has 0 aromatic rings. The second kappa shape index (κ2) is 9.50. The fourth-order valence-electron chi connectivity index (χ4n) is 0.175. The molecule has 0 radical (unpaired) electrons. The molecule has 1 unspecified atom stereocenters. The zero-order chi connectivity index (χ0) is 6.41. The van der Waals surface area contributed by atoms with Gasteiger partial charge < -0.3 is 4.89 Å². The molecule has 3 nitrogen and oxygen atoms in total. The molecular weight excluding hydrogens is 170 g/mol. The summed E-state index contributed by atoms with van der Waals surface area (Å²) in [5.74, 6) is 0.775. The van der Waals surface area contributed by atoms with Gasteiger partial charge in [0.2, 0.25) is 0 Å². The van der Waals surface area contributed by atoms with E-state index in [1.54, 1.807) is 0 Å². The van der Waals surface area contributed by atoms with E-state index in [4.69, 9.17) is 4.89 Å². The van der Waals surface area contributed by atoms with Crippen molar-refractivity contribution in [1.29, 1.82) is 0 Å². The summed E-state index contributed by atoms with van der Waals surface area (Å²) in [7, 11) is -2.69. The normalized spacial score (nSPS) is 12.2. The Morgan fingerprint density at radius 3 is 2.67 bits per heavy atom. The molecule has 0 rings (SSSR count). The Morgan fingerprint density at radius 2 is 2.33 bits per heavy atom. The van der Waals surface area contributed by atoms with Gasteiger partial charge in [0.1, 0.15) is 0 Å². The van der Waals surface area contributed by atoms with Gasteiger partial charge in [-0.15, -0.1) is 0 Å². The molecule has 0 aliphatic rings. The zero-order valence-corrected chi connectivity index (χ0v) is 6.40. The Balaban J connectivity index is 0. The summed E-state index contributed by atoms with van der Waals surface area (Å²) in [4.78, 5) is 8.08. The van der Waals surface area contributed by atoms with Crippen molar-refractivity contribution in [3.8, 4) is 0 Å². The van der Waals surface area contributed by atoms with Gasteiger partial charge in [0.15, 0.2) is 0 Å². The van der Waals surface area contributed by atoms with E-state index in [0.717, 1.165) is 24.2 Å². The molecule has 0 aromatic heterocycles. The SMILES string of the molecule is CCCSO[PH](=O)O.[NaH]. The number of rotatable bonds is 4. The van der Waals surface area contributed by atoms with Crippen molar-refractivity contribution in [2.45, 2.75) is 13.3 Å². The van der Waals surface area contributed by atoms with Crippen LogP contribution in [0.2, 0.25) is 0 Å². The standard InChI is InChI=1S/C3H9O3PS.Na.H/c1-2-3-8-6-7(4)5;;/h7H,2-3H2,1H3,(H,4,5);;. The van der Waals surface area contributed by atoms with Gasteiger partial charge in [-0.25, -0.2) is 3.97 Å². The van der Waals surface area contributed by atoms with E-state index in [9.17, 15) is 4.57 Å². The monoisotopic (exact) mass is 180 g/mol. The van der Waals surface area contributed by atoms with Crippen LogP contribution in [0.15, 0.2) is 0 Å². The maximum atomic E-state index is 9.82. The Kier molecular flexibility index (Phi) is 13.8. The number of hydrogen-bond acceptors (Lipinski definition) is 3. The molecule has 1 atom stereocenters. The van der Waals surface area contributed by atoms with Crippen molar-refractivity contribution in [2.24, 2.45) is 0 Å². The van der Waals surface area contributed by atoms with Crippen LogP contribution in [-0.2, 0) is 8.54 Å². The molecule has 0 bridgehead atoms. The van der Waals surface area contributed by atoms with Crippen molar-refractivity contribution >= 4 is 49.9 Å². The van der Waals surface area contributed by atoms with Crippen LogP contribution in [0, 0.1) is 0 Å². The third kappa shape index (κ3) is 12.6. The van der Waals surface area contributed by atoms with Gasteiger partial charge in [0, 0.05) is 17.8 Å². The quantitative estimate of drug-likeness (QED) is 0.301. The van der Waals surface area contributed by atoms with Gasteiger partial charge in [-0.3, -0.25) is 4.57 Å². The summed E-state index contributed by atoms with van der Waals surface area (Å²) in [6.45, 7) is 1.98. The Bertz CT molecular complexity index is 81.5. The number of hydrogen-bond donors (Lipinski definition) is 1. The molecule has 0 aliphatic heterocycles. The molecule has 52 valence electrons. The van der Waals surface area contributed by atoms with Gasteiger partial charge in [0.25, 0.3) is 0 Å². The van der Waals surface area contributed by atoms with Crippen LogP contribution in [0.25, 0.3) is 0 Å². The molecule has 0 saturated heterocycles. The van der Waals surface area contributed by atoms with E-state index in [1.165, 1.54) is 0 Å². The van der Waals surface area contributed by atoms with E-state index < -0.39 is 8.25 Å². The second-order valence-corrected chi connectivity index (χ2v) is 3.01. The molecule has 6 heteroatoms. The van der Waals surface area contributed by atoms with Crippen LogP contribution >= 0.6 is 20.3 Å². The first-order valence-electron chi connectivity index (χ1n) is 2.29. The zero-order valence-electron chi connectivity index (χ0n) is 4.59. The third-order valence-corrected chi connectivity index (χ3v) is 2.03. The first kappa shape index (κ1) is 13.1. The summed E-state index contributed by atoms with van der Waals surface area (Å²) < 4.78 is 14.1. The first-order chi connectivity index (χ1) is 3.77. The minimum atomic E-state index is -2.69. The topological polar surface area (TPSA) is 46.5 Å². The van der Waals surface area contributed by atoms with Crippen molar-refractivity contribution in [1.82, 2.24) is 0 Å². The average molecular weight is 180 g/mol. The van der Waals surface area contributed by atoms with Crippen LogP contribution in [0.3, 0.4) is 0 Å². The molecule has 0 heterocycles. The Labute approximate surface area is 82.0 Å². The van der Waals surface area contributed by atoms with Crippen molar-refractivity contribution in [2.75, 3.05) is 5.75 Å². The van der Waals surface area contributed by atoms with Gasteiger partial charge >= 0.3 is 37.8 Å². The molecule has 0 aromatic carbocycles. The summed E-state index contributed by atoms with van der Waals surface area (Å²) in [5, 5.41) is 0. The average Bonchev–Trinajstić information content (AvgIpc) is 1.66. The van der Waals surface area contributed by atoms with Gasteiger partial charge in [-0.1, -0.05) is 6.92 Å². The summed E-state index contributed by atoms with van der Waals surface area (Å²) in [5.41, 5.74) is 0. The van der Waals surface area contributed by atoms with Gasteiger partial charge in [-0.2, -0.15) is 0 Å². The van der Waals surface area contributed by atoms with Crippen LogP contribution in [0.5, 0.6) is 0 Å². The van der Waals surface area contributed by atoms with Crippen molar-refractivity contribution < 1.29 is 13.4 Å². The predicted octanol–water partition coefficient (Wildman–Crippen LogP) is 0.795.